The zero-order valence-electron chi connectivity index (χ0n) is 8.09. The number of aliphatic carboxylic acids is 1. The highest BCUT2D eigenvalue weighted by Crippen LogP contribution is 2.19. The molecule has 0 aromatic rings. The molecule has 5 heteroatoms. The summed E-state index contributed by atoms with van der Waals surface area (Å²) in [4.78, 5) is 21.2. The standard InChI is InChI=1S/C8H15NO4/c1-8(2,6(10)11)4-5-9-7(12)13-3/h4-5H2,1-3H3,(H,9,12)(H,10,11). The maximum atomic E-state index is 10.6. The number of carbonyl (C=O) groups is 2. The first kappa shape index (κ1) is 11.7. The van der Waals surface area contributed by atoms with Crippen LogP contribution in [0.4, 0.5) is 4.79 Å². The van der Waals surface area contributed by atoms with Gasteiger partial charge in [-0.2, -0.15) is 0 Å². The van der Waals surface area contributed by atoms with Crippen molar-refractivity contribution in [3.8, 4) is 0 Å². The molecule has 5 nitrogen and oxygen atoms in total. The van der Waals surface area contributed by atoms with Crippen LogP contribution in [-0.4, -0.2) is 30.8 Å². The Bertz CT molecular complexity index is 200. The van der Waals surface area contributed by atoms with E-state index < -0.39 is 17.5 Å². The molecule has 0 aromatic heterocycles. The number of carboxylic acid groups (broad SMARTS) is 1. The van der Waals surface area contributed by atoms with Gasteiger partial charge in [-0.1, -0.05) is 0 Å². The average Bonchev–Trinajstić information content (AvgIpc) is 2.03. The second kappa shape index (κ2) is 4.69. The first-order chi connectivity index (χ1) is 5.90. The van der Waals surface area contributed by atoms with E-state index in [0.717, 1.165) is 0 Å². The van der Waals surface area contributed by atoms with Crippen molar-refractivity contribution in [2.24, 2.45) is 5.41 Å². The first-order valence-corrected chi connectivity index (χ1v) is 3.95. The van der Waals surface area contributed by atoms with E-state index in [1.807, 2.05) is 0 Å². The summed E-state index contributed by atoms with van der Waals surface area (Å²) in [5.41, 5.74) is -0.818. The summed E-state index contributed by atoms with van der Waals surface area (Å²) in [6.07, 6.45) is -0.168. The summed E-state index contributed by atoms with van der Waals surface area (Å²) >= 11 is 0. The van der Waals surface area contributed by atoms with Crippen molar-refractivity contribution in [3.05, 3.63) is 0 Å². The number of hydrogen-bond acceptors (Lipinski definition) is 3. The lowest BCUT2D eigenvalue weighted by atomic mass is 9.90. The summed E-state index contributed by atoms with van der Waals surface area (Å²) in [6, 6.07) is 0. The zero-order chi connectivity index (χ0) is 10.5. The van der Waals surface area contributed by atoms with E-state index >= 15 is 0 Å². The van der Waals surface area contributed by atoms with Gasteiger partial charge in [-0.3, -0.25) is 4.79 Å². The molecule has 0 unspecified atom stereocenters. The van der Waals surface area contributed by atoms with Gasteiger partial charge in [0.1, 0.15) is 0 Å². The van der Waals surface area contributed by atoms with E-state index in [1.165, 1.54) is 7.11 Å². The second-order valence-electron chi connectivity index (χ2n) is 3.36. The van der Waals surface area contributed by atoms with Crippen LogP contribution < -0.4 is 5.32 Å². The lowest BCUT2D eigenvalue weighted by Gasteiger charge is -2.18. The van der Waals surface area contributed by atoms with E-state index in [4.69, 9.17) is 5.11 Å². The van der Waals surface area contributed by atoms with E-state index in [2.05, 4.69) is 10.1 Å². The minimum Gasteiger partial charge on any atom is -0.481 e. The SMILES string of the molecule is COC(=O)NCCC(C)(C)C(=O)O. The van der Waals surface area contributed by atoms with Gasteiger partial charge in [-0.25, -0.2) is 4.79 Å². The Morgan fingerprint density at radius 2 is 2.00 bits per heavy atom. The smallest absolute Gasteiger partial charge is 0.406 e. The van der Waals surface area contributed by atoms with Crippen LogP contribution in [-0.2, 0) is 9.53 Å². The van der Waals surface area contributed by atoms with E-state index in [-0.39, 0.29) is 0 Å². The third-order valence-corrected chi connectivity index (χ3v) is 1.78. The molecule has 0 fully saturated rings. The molecule has 13 heavy (non-hydrogen) atoms. The molecule has 0 radical (unpaired) electrons. The van der Waals surface area contributed by atoms with Crippen molar-refractivity contribution in [1.29, 1.82) is 0 Å². The molecular formula is C8H15NO4. The molecule has 0 aromatic carbocycles. The number of hydrogen-bond donors (Lipinski definition) is 2. The molecule has 76 valence electrons. The van der Waals surface area contributed by atoms with Gasteiger partial charge in [0.2, 0.25) is 0 Å². The number of nitrogens with one attached hydrogen (secondary N) is 1. The highest BCUT2D eigenvalue weighted by molar-refractivity contribution is 5.73. The molecular weight excluding hydrogens is 174 g/mol. The Hall–Kier alpha value is -1.26. The van der Waals surface area contributed by atoms with Crippen molar-refractivity contribution in [1.82, 2.24) is 5.32 Å². The third kappa shape index (κ3) is 4.35. The molecule has 2 N–H and O–H groups in total. The van der Waals surface area contributed by atoms with Crippen molar-refractivity contribution >= 4 is 12.1 Å². The molecule has 1 amide bonds. The van der Waals surface area contributed by atoms with Gasteiger partial charge in [-0.15, -0.1) is 0 Å². The number of alkyl carbamates (subject to hydrolysis) is 1. The largest absolute Gasteiger partial charge is 0.481 e. The molecule has 0 rings (SSSR count). The number of carbonyl (C=O) groups excluding carboxylic acids is 1. The Balaban J connectivity index is 3.76. The molecule has 0 aliphatic heterocycles. The summed E-state index contributed by atoms with van der Waals surface area (Å²) in [5, 5.41) is 11.1. The van der Waals surface area contributed by atoms with Gasteiger partial charge < -0.3 is 15.2 Å². The number of carboxylic acids is 1. The number of rotatable bonds is 4. The van der Waals surface area contributed by atoms with Gasteiger partial charge in [0.05, 0.1) is 12.5 Å². The number of ether oxygens (including phenoxy) is 1. The fourth-order valence-electron chi connectivity index (χ4n) is 0.656. The van der Waals surface area contributed by atoms with E-state index in [0.29, 0.717) is 13.0 Å². The zero-order valence-corrected chi connectivity index (χ0v) is 8.09. The molecule has 0 bridgehead atoms. The Kier molecular flexibility index (Phi) is 4.23. The fraction of sp³-hybridized carbons (Fsp3) is 0.750. The maximum Gasteiger partial charge on any atom is 0.406 e. The minimum absolute atomic E-state index is 0.298. The van der Waals surface area contributed by atoms with Crippen LogP contribution in [0.25, 0.3) is 0 Å². The Labute approximate surface area is 77.1 Å². The van der Waals surface area contributed by atoms with Crippen LogP contribution in [0.2, 0.25) is 0 Å². The van der Waals surface area contributed by atoms with E-state index in [1.54, 1.807) is 13.8 Å². The van der Waals surface area contributed by atoms with Crippen molar-refractivity contribution in [2.75, 3.05) is 13.7 Å². The minimum atomic E-state index is -0.876. The lowest BCUT2D eigenvalue weighted by molar-refractivity contribution is -0.147. The Morgan fingerprint density at radius 3 is 2.38 bits per heavy atom. The van der Waals surface area contributed by atoms with E-state index in [9.17, 15) is 9.59 Å². The van der Waals surface area contributed by atoms with Gasteiger partial charge in [-0.05, 0) is 20.3 Å². The van der Waals surface area contributed by atoms with Crippen LogP contribution in [0.3, 0.4) is 0 Å². The summed E-state index contributed by atoms with van der Waals surface area (Å²) in [6.45, 7) is 3.51. The average molecular weight is 189 g/mol. The lowest BCUT2D eigenvalue weighted by Crippen LogP contribution is -2.31. The second-order valence-corrected chi connectivity index (χ2v) is 3.36. The van der Waals surface area contributed by atoms with Crippen molar-refractivity contribution in [3.63, 3.8) is 0 Å². The summed E-state index contributed by atoms with van der Waals surface area (Å²) in [7, 11) is 1.26. The normalized spacial score (nSPS) is 10.7. The van der Waals surface area contributed by atoms with Gasteiger partial charge in [0, 0.05) is 6.54 Å². The first-order valence-electron chi connectivity index (χ1n) is 3.95. The van der Waals surface area contributed by atoms with Crippen LogP contribution >= 0.6 is 0 Å². The highest BCUT2D eigenvalue weighted by Gasteiger charge is 2.26. The predicted molar refractivity (Wildman–Crippen MR) is 46.4 cm³/mol. The van der Waals surface area contributed by atoms with Gasteiger partial charge in [0.15, 0.2) is 0 Å². The van der Waals surface area contributed by atoms with Crippen LogP contribution in [0.5, 0.6) is 0 Å². The summed E-state index contributed by atoms with van der Waals surface area (Å²) < 4.78 is 4.33. The third-order valence-electron chi connectivity index (χ3n) is 1.78. The summed E-state index contributed by atoms with van der Waals surface area (Å²) in [5.74, 6) is -0.876. The molecule has 0 aliphatic rings. The highest BCUT2D eigenvalue weighted by atomic mass is 16.5. The maximum absolute atomic E-state index is 10.6. The van der Waals surface area contributed by atoms with Gasteiger partial charge >= 0.3 is 12.1 Å². The quantitative estimate of drug-likeness (QED) is 0.687. The molecule has 0 atom stereocenters. The Morgan fingerprint density at radius 1 is 1.46 bits per heavy atom. The van der Waals surface area contributed by atoms with Crippen LogP contribution in [0, 0.1) is 5.41 Å². The predicted octanol–water partition coefficient (Wildman–Crippen LogP) is 0.843. The fourth-order valence-corrected chi connectivity index (χ4v) is 0.656. The molecule has 0 saturated carbocycles. The molecule has 0 aliphatic carbocycles. The molecule has 0 heterocycles. The van der Waals surface area contributed by atoms with Crippen molar-refractivity contribution < 1.29 is 19.4 Å². The topological polar surface area (TPSA) is 75.6 Å². The van der Waals surface area contributed by atoms with Crippen LogP contribution in [0.1, 0.15) is 20.3 Å². The van der Waals surface area contributed by atoms with Crippen LogP contribution in [0.15, 0.2) is 0 Å². The number of amides is 1. The molecule has 0 saturated heterocycles. The number of methoxy groups -OCH3 is 1. The van der Waals surface area contributed by atoms with Crippen molar-refractivity contribution in [2.45, 2.75) is 20.3 Å². The monoisotopic (exact) mass is 189 g/mol. The molecule has 0 spiro atoms. The van der Waals surface area contributed by atoms with Gasteiger partial charge in [0.25, 0.3) is 0 Å².